The van der Waals surface area contributed by atoms with Crippen molar-refractivity contribution in [2.24, 2.45) is 11.8 Å². The molecule has 1 amide bonds. The number of amides is 1. The molecule has 1 aliphatic heterocycles. The number of benzene rings is 1. The van der Waals surface area contributed by atoms with Crippen molar-refractivity contribution in [1.29, 1.82) is 0 Å². The van der Waals surface area contributed by atoms with E-state index in [1.807, 2.05) is 13.8 Å². The number of hydrogen-bond acceptors (Lipinski definition) is 2. The minimum Gasteiger partial charge on any atom is -0.497 e. The van der Waals surface area contributed by atoms with Gasteiger partial charge in [0.15, 0.2) is 0 Å². The maximum Gasteiger partial charge on any atom is 0.220 e. The third-order valence-electron chi connectivity index (χ3n) is 6.43. The number of fused-ring (bicyclic) bond motifs is 5. The summed E-state index contributed by atoms with van der Waals surface area (Å²) in [5, 5.41) is 3.31. The molecular weight excluding hydrogens is 298 g/mol. The average Bonchev–Trinajstić information content (AvgIpc) is 2.61. The molecule has 2 unspecified atom stereocenters. The molecule has 1 aromatic rings. The Kier molecular flexibility index (Phi) is 4.89. The van der Waals surface area contributed by atoms with Crippen LogP contribution in [-0.2, 0) is 11.2 Å². The van der Waals surface area contributed by atoms with Gasteiger partial charge in [0.1, 0.15) is 5.75 Å². The topological polar surface area (TPSA) is 38.3 Å². The number of piperidine rings is 1. The smallest absolute Gasteiger partial charge is 0.220 e. The highest BCUT2D eigenvalue weighted by atomic mass is 16.5. The molecule has 24 heavy (non-hydrogen) atoms. The van der Waals surface area contributed by atoms with Crippen LogP contribution in [0.5, 0.6) is 5.75 Å². The van der Waals surface area contributed by atoms with Gasteiger partial charge in [-0.25, -0.2) is 0 Å². The monoisotopic (exact) mass is 329 g/mol. The minimum atomic E-state index is 0.0282. The van der Waals surface area contributed by atoms with E-state index >= 15 is 0 Å². The number of methoxy groups -OCH3 is 1. The van der Waals surface area contributed by atoms with Crippen LogP contribution in [0.2, 0.25) is 0 Å². The van der Waals surface area contributed by atoms with Crippen molar-refractivity contribution in [1.82, 2.24) is 5.32 Å². The van der Waals surface area contributed by atoms with Gasteiger partial charge in [0.2, 0.25) is 5.91 Å². The molecule has 4 rings (SSSR count). The molecule has 1 saturated heterocycles. The van der Waals surface area contributed by atoms with E-state index in [-0.39, 0.29) is 11.4 Å². The van der Waals surface area contributed by atoms with Gasteiger partial charge in [0, 0.05) is 12.0 Å². The van der Waals surface area contributed by atoms with Gasteiger partial charge in [-0.2, -0.15) is 0 Å². The number of ether oxygens (including phenoxy) is 1. The van der Waals surface area contributed by atoms with E-state index in [0.717, 1.165) is 30.9 Å². The van der Waals surface area contributed by atoms with Crippen LogP contribution < -0.4 is 10.1 Å². The average molecular weight is 329 g/mol. The number of carbonyl (C=O) groups excluding carboxylic acids is 1. The van der Waals surface area contributed by atoms with Crippen LogP contribution in [0, 0.1) is 11.8 Å². The predicted molar refractivity (Wildman–Crippen MR) is 97.4 cm³/mol. The van der Waals surface area contributed by atoms with Crippen molar-refractivity contribution in [2.75, 3.05) is 7.11 Å². The molecule has 0 bridgehead atoms. The number of hydrogen-bond donors (Lipinski definition) is 1. The fraction of sp³-hybridized carbons (Fsp3) is 0.667. The molecule has 3 heteroatoms. The molecule has 0 spiro atoms. The summed E-state index contributed by atoms with van der Waals surface area (Å²) in [6, 6.07) is 6.62. The van der Waals surface area contributed by atoms with Crippen LogP contribution in [0.1, 0.15) is 69.9 Å². The van der Waals surface area contributed by atoms with Gasteiger partial charge in [-0.15, -0.1) is 0 Å². The first kappa shape index (κ1) is 17.3. The largest absolute Gasteiger partial charge is 0.497 e. The van der Waals surface area contributed by atoms with E-state index in [4.69, 9.17) is 4.74 Å². The normalized spacial score (nSPS) is 33.8. The second-order valence-electron chi connectivity index (χ2n) is 7.52. The van der Waals surface area contributed by atoms with E-state index < -0.39 is 0 Å². The van der Waals surface area contributed by atoms with Crippen molar-refractivity contribution in [2.45, 2.75) is 70.8 Å². The Labute approximate surface area is 146 Å². The lowest BCUT2D eigenvalue weighted by Gasteiger charge is -2.54. The summed E-state index contributed by atoms with van der Waals surface area (Å²) in [4.78, 5) is 11.8. The number of rotatable bonds is 1. The Morgan fingerprint density at radius 1 is 1.17 bits per heavy atom. The maximum atomic E-state index is 11.8. The Balaban J connectivity index is 0.000000815. The van der Waals surface area contributed by atoms with Crippen molar-refractivity contribution < 1.29 is 9.53 Å². The van der Waals surface area contributed by atoms with Crippen LogP contribution in [0.15, 0.2) is 18.2 Å². The molecule has 3 aliphatic rings. The van der Waals surface area contributed by atoms with Gasteiger partial charge in [0.25, 0.3) is 0 Å². The highest BCUT2D eigenvalue weighted by Crippen LogP contribution is 2.53. The molecule has 2 aliphatic carbocycles. The fourth-order valence-electron chi connectivity index (χ4n) is 5.36. The van der Waals surface area contributed by atoms with Crippen molar-refractivity contribution in [3.8, 4) is 5.75 Å². The van der Waals surface area contributed by atoms with Crippen molar-refractivity contribution >= 4 is 5.91 Å². The van der Waals surface area contributed by atoms with Gasteiger partial charge in [-0.05, 0) is 80.0 Å². The highest BCUT2D eigenvalue weighted by Gasteiger charge is 2.50. The maximum absolute atomic E-state index is 11.8. The van der Waals surface area contributed by atoms with E-state index in [1.165, 1.54) is 24.0 Å². The van der Waals surface area contributed by atoms with Gasteiger partial charge >= 0.3 is 0 Å². The molecule has 1 N–H and O–H groups in total. The number of nitrogens with one attached hydrogen (secondary N) is 1. The molecule has 132 valence electrons. The summed E-state index contributed by atoms with van der Waals surface area (Å²) >= 11 is 0. The molecule has 1 saturated carbocycles. The van der Waals surface area contributed by atoms with E-state index in [1.54, 1.807) is 7.11 Å². The third kappa shape index (κ3) is 2.82. The number of carbonyl (C=O) groups is 1. The summed E-state index contributed by atoms with van der Waals surface area (Å²) in [6.07, 6.45) is 6.47. The summed E-state index contributed by atoms with van der Waals surface area (Å²) in [5.41, 5.74) is 3.04. The Hall–Kier alpha value is -1.51. The first-order chi connectivity index (χ1) is 11.6. The van der Waals surface area contributed by atoms with Crippen LogP contribution in [-0.4, -0.2) is 18.6 Å². The molecule has 0 radical (unpaired) electrons. The molecule has 0 aromatic heterocycles. The highest BCUT2D eigenvalue weighted by molar-refractivity contribution is 5.77. The van der Waals surface area contributed by atoms with Crippen molar-refractivity contribution in [3.05, 3.63) is 29.3 Å². The van der Waals surface area contributed by atoms with Gasteiger partial charge in [-0.1, -0.05) is 19.9 Å². The van der Waals surface area contributed by atoms with Gasteiger partial charge in [-0.3, -0.25) is 4.79 Å². The zero-order chi connectivity index (χ0) is 17.3. The van der Waals surface area contributed by atoms with E-state index in [9.17, 15) is 4.79 Å². The molecule has 2 fully saturated rings. The third-order valence-corrected chi connectivity index (χ3v) is 6.43. The molecule has 4 atom stereocenters. The Morgan fingerprint density at radius 3 is 2.71 bits per heavy atom. The Bertz CT molecular complexity index is 612. The summed E-state index contributed by atoms with van der Waals surface area (Å²) < 4.78 is 5.38. The lowest BCUT2D eigenvalue weighted by atomic mass is 9.55. The summed E-state index contributed by atoms with van der Waals surface area (Å²) in [7, 11) is 1.74. The molecule has 1 heterocycles. The molecular formula is C21H31NO2. The number of aryl methyl sites for hydroxylation is 1. The lowest BCUT2D eigenvalue weighted by molar-refractivity contribution is -0.129. The zero-order valence-corrected chi connectivity index (χ0v) is 15.5. The molecule has 1 aromatic carbocycles. The van der Waals surface area contributed by atoms with Crippen LogP contribution >= 0.6 is 0 Å². The van der Waals surface area contributed by atoms with Crippen LogP contribution in [0.4, 0.5) is 0 Å². The molecule has 3 nitrogen and oxygen atoms in total. The minimum absolute atomic E-state index is 0.0282. The first-order valence-corrected chi connectivity index (χ1v) is 9.58. The van der Waals surface area contributed by atoms with E-state index in [0.29, 0.717) is 18.3 Å². The second-order valence-corrected chi connectivity index (χ2v) is 7.52. The second kappa shape index (κ2) is 6.78. The first-order valence-electron chi connectivity index (χ1n) is 9.58. The predicted octanol–water partition coefficient (Wildman–Crippen LogP) is 4.45. The standard InChI is InChI=1S/C19H25NO2.C2H6/c1-19-10-9-15-14-6-4-13(22-2)11-12(14)3-5-16(15)17(19)7-8-18(21)20-19;1-2/h4,6,11,15-17H,3,5,7-10H2,1-2H3,(H,20,21);1-2H3/t15-,16?,17+,19?;/m1./s1. The van der Waals surface area contributed by atoms with Crippen molar-refractivity contribution in [3.63, 3.8) is 0 Å². The fourth-order valence-corrected chi connectivity index (χ4v) is 5.36. The van der Waals surface area contributed by atoms with Gasteiger partial charge < -0.3 is 10.1 Å². The van der Waals surface area contributed by atoms with E-state index in [2.05, 4.69) is 30.4 Å². The SMILES string of the molecule is CC.COc1ccc2c(c1)CCC1[C@@H]2CCC2(C)NC(=O)CC[C@@H]12. The lowest BCUT2D eigenvalue weighted by Crippen LogP contribution is -2.60. The van der Waals surface area contributed by atoms with Crippen LogP contribution in [0.25, 0.3) is 0 Å². The van der Waals surface area contributed by atoms with Gasteiger partial charge in [0.05, 0.1) is 7.11 Å². The van der Waals surface area contributed by atoms with Crippen LogP contribution in [0.3, 0.4) is 0 Å². The Morgan fingerprint density at radius 2 is 1.96 bits per heavy atom. The summed E-state index contributed by atoms with van der Waals surface area (Å²) in [5.74, 6) is 3.25. The quantitative estimate of drug-likeness (QED) is 0.827. The zero-order valence-electron chi connectivity index (χ0n) is 15.5. The summed E-state index contributed by atoms with van der Waals surface area (Å²) in [6.45, 7) is 6.27.